The Morgan fingerprint density at radius 2 is 2.06 bits per heavy atom. The highest BCUT2D eigenvalue weighted by molar-refractivity contribution is 5.38. The molecule has 4 heteroatoms. The van der Waals surface area contributed by atoms with Gasteiger partial charge < -0.3 is 0 Å². The van der Waals surface area contributed by atoms with Crippen LogP contribution in [-0.2, 0) is 0 Å². The first kappa shape index (κ1) is 11.9. The van der Waals surface area contributed by atoms with Crippen LogP contribution in [0.15, 0.2) is 34.5 Å². The van der Waals surface area contributed by atoms with Crippen LogP contribution in [0.1, 0.15) is 12.0 Å². The number of rotatable bonds is 4. The van der Waals surface area contributed by atoms with Crippen LogP contribution in [-0.4, -0.2) is 6.54 Å². The first-order valence-corrected chi connectivity index (χ1v) is 4.99. The third kappa shape index (κ3) is 3.89. The van der Waals surface area contributed by atoms with Crippen LogP contribution in [0.4, 0.5) is 5.69 Å². The fourth-order valence-electron chi connectivity index (χ4n) is 1.17. The Hall–Kier alpha value is -2.20. The van der Waals surface area contributed by atoms with E-state index in [9.17, 15) is 0 Å². The van der Waals surface area contributed by atoms with Crippen molar-refractivity contribution < 1.29 is 0 Å². The van der Waals surface area contributed by atoms with Crippen LogP contribution in [0.2, 0.25) is 0 Å². The van der Waals surface area contributed by atoms with E-state index in [-0.39, 0.29) is 0 Å². The summed E-state index contributed by atoms with van der Waals surface area (Å²) in [6, 6.07) is 11.5. The predicted molar refractivity (Wildman–Crippen MR) is 59.9 cm³/mol. The highest BCUT2D eigenvalue weighted by Crippen LogP contribution is 2.13. The van der Waals surface area contributed by atoms with Crippen molar-refractivity contribution in [1.29, 1.82) is 10.5 Å². The highest BCUT2D eigenvalue weighted by atomic mass is 15.1. The van der Waals surface area contributed by atoms with Crippen molar-refractivity contribution in [2.24, 2.45) is 16.1 Å². The molecule has 0 saturated carbocycles. The lowest BCUT2D eigenvalue weighted by molar-refractivity contribution is 0.725. The van der Waals surface area contributed by atoms with E-state index in [0.717, 1.165) is 11.3 Å². The first-order chi connectivity index (χ1) is 7.76. The van der Waals surface area contributed by atoms with E-state index in [1.54, 1.807) is 0 Å². The molecule has 0 bridgehead atoms. The number of nitrogens with zero attached hydrogens (tertiary/aromatic N) is 4. The molecule has 0 amide bonds. The SMILES string of the molecule is Cc1cccc(N=NCCC(C#N)C#N)c1. The van der Waals surface area contributed by atoms with E-state index in [4.69, 9.17) is 10.5 Å². The monoisotopic (exact) mass is 212 g/mol. The smallest absolute Gasteiger partial charge is 0.135 e. The molecule has 80 valence electrons. The Labute approximate surface area is 94.9 Å². The average molecular weight is 212 g/mol. The maximum absolute atomic E-state index is 8.53. The molecule has 0 unspecified atom stereocenters. The topological polar surface area (TPSA) is 72.3 Å². The van der Waals surface area contributed by atoms with Gasteiger partial charge in [0.1, 0.15) is 5.92 Å². The molecule has 1 aromatic rings. The van der Waals surface area contributed by atoms with Crippen molar-refractivity contribution >= 4 is 5.69 Å². The van der Waals surface area contributed by atoms with Crippen LogP contribution >= 0.6 is 0 Å². The minimum Gasteiger partial charge on any atom is -0.197 e. The van der Waals surface area contributed by atoms with Gasteiger partial charge in [0.15, 0.2) is 0 Å². The van der Waals surface area contributed by atoms with Gasteiger partial charge in [-0.3, -0.25) is 0 Å². The predicted octanol–water partition coefficient (Wildman–Crippen LogP) is 3.13. The van der Waals surface area contributed by atoms with Crippen LogP contribution < -0.4 is 0 Å². The molecule has 0 spiro atoms. The van der Waals surface area contributed by atoms with Gasteiger partial charge in [0.2, 0.25) is 0 Å². The molecule has 0 aromatic heterocycles. The van der Waals surface area contributed by atoms with Gasteiger partial charge in [-0.15, -0.1) is 0 Å². The second kappa shape index (κ2) is 6.31. The quantitative estimate of drug-likeness (QED) is 0.719. The number of benzene rings is 1. The average Bonchev–Trinajstić information content (AvgIpc) is 2.29. The van der Waals surface area contributed by atoms with Gasteiger partial charge in [-0.05, 0) is 31.0 Å². The van der Waals surface area contributed by atoms with Gasteiger partial charge in [0.05, 0.1) is 24.4 Å². The molecular weight excluding hydrogens is 200 g/mol. The van der Waals surface area contributed by atoms with Gasteiger partial charge in [-0.1, -0.05) is 12.1 Å². The Morgan fingerprint density at radius 1 is 1.31 bits per heavy atom. The Bertz CT molecular complexity index is 437. The molecule has 1 rings (SSSR count). The van der Waals surface area contributed by atoms with E-state index in [1.807, 2.05) is 43.3 Å². The van der Waals surface area contributed by atoms with Crippen LogP contribution in [0, 0.1) is 35.5 Å². The maximum atomic E-state index is 8.53. The Morgan fingerprint density at radius 3 is 2.69 bits per heavy atom. The number of nitriles is 2. The van der Waals surface area contributed by atoms with E-state index in [2.05, 4.69) is 10.2 Å². The van der Waals surface area contributed by atoms with Crippen molar-refractivity contribution in [3.8, 4) is 12.1 Å². The number of azo groups is 1. The molecule has 0 N–H and O–H groups in total. The summed E-state index contributed by atoms with van der Waals surface area (Å²) in [6.45, 7) is 2.39. The van der Waals surface area contributed by atoms with Crippen molar-refractivity contribution in [3.05, 3.63) is 29.8 Å². The lowest BCUT2D eigenvalue weighted by Crippen LogP contribution is -1.94. The summed E-state index contributed by atoms with van der Waals surface area (Å²) in [5.74, 6) is -0.587. The fraction of sp³-hybridized carbons (Fsp3) is 0.333. The molecular formula is C12H12N4. The summed E-state index contributed by atoms with van der Waals surface area (Å²) in [5.41, 5.74) is 1.92. The van der Waals surface area contributed by atoms with Crippen LogP contribution in [0.3, 0.4) is 0 Å². The number of aryl methyl sites for hydroxylation is 1. The van der Waals surface area contributed by atoms with E-state index >= 15 is 0 Å². The van der Waals surface area contributed by atoms with Gasteiger partial charge in [-0.25, -0.2) is 0 Å². The summed E-state index contributed by atoms with van der Waals surface area (Å²) in [6.07, 6.45) is 0.433. The minimum atomic E-state index is -0.587. The molecule has 0 aliphatic carbocycles. The zero-order valence-corrected chi connectivity index (χ0v) is 9.09. The highest BCUT2D eigenvalue weighted by Gasteiger charge is 2.02. The lowest BCUT2D eigenvalue weighted by Gasteiger charge is -1.95. The van der Waals surface area contributed by atoms with Crippen molar-refractivity contribution in [2.75, 3.05) is 6.54 Å². The molecule has 0 atom stereocenters. The van der Waals surface area contributed by atoms with E-state index in [0.29, 0.717) is 13.0 Å². The number of hydrogen-bond acceptors (Lipinski definition) is 4. The van der Waals surface area contributed by atoms with Gasteiger partial charge in [0, 0.05) is 0 Å². The largest absolute Gasteiger partial charge is 0.197 e. The zero-order chi connectivity index (χ0) is 11.8. The Kier molecular flexibility index (Phi) is 4.69. The minimum absolute atomic E-state index is 0.403. The second-order valence-electron chi connectivity index (χ2n) is 3.40. The zero-order valence-electron chi connectivity index (χ0n) is 9.09. The van der Waals surface area contributed by atoms with E-state index < -0.39 is 5.92 Å². The van der Waals surface area contributed by atoms with Crippen molar-refractivity contribution in [2.45, 2.75) is 13.3 Å². The molecule has 0 heterocycles. The summed E-state index contributed by atoms with van der Waals surface area (Å²) < 4.78 is 0. The second-order valence-corrected chi connectivity index (χ2v) is 3.40. The first-order valence-electron chi connectivity index (χ1n) is 4.99. The lowest BCUT2D eigenvalue weighted by atomic mass is 10.1. The molecule has 0 aliphatic heterocycles. The molecule has 4 nitrogen and oxygen atoms in total. The molecule has 0 radical (unpaired) electrons. The van der Waals surface area contributed by atoms with Gasteiger partial charge >= 0.3 is 0 Å². The maximum Gasteiger partial charge on any atom is 0.135 e. The summed E-state index contributed by atoms with van der Waals surface area (Å²) in [4.78, 5) is 0. The standard InChI is InChI=1S/C12H12N4/c1-10-3-2-4-12(7-10)16-15-6-5-11(8-13)9-14/h2-4,7,11H,5-6H2,1H3. The van der Waals surface area contributed by atoms with E-state index in [1.165, 1.54) is 0 Å². The number of hydrogen-bond donors (Lipinski definition) is 0. The normalized spacial score (nSPS) is 10.2. The van der Waals surface area contributed by atoms with Gasteiger partial charge in [-0.2, -0.15) is 20.8 Å². The third-order valence-corrected chi connectivity index (χ3v) is 2.02. The van der Waals surface area contributed by atoms with Gasteiger partial charge in [0.25, 0.3) is 0 Å². The third-order valence-electron chi connectivity index (χ3n) is 2.02. The summed E-state index contributed by atoms with van der Waals surface area (Å²) in [5, 5.41) is 25.0. The Balaban J connectivity index is 2.45. The van der Waals surface area contributed by atoms with Crippen LogP contribution in [0.5, 0.6) is 0 Å². The molecule has 16 heavy (non-hydrogen) atoms. The van der Waals surface area contributed by atoms with Crippen LogP contribution in [0.25, 0.3) is 0 Å². The molecule has 0 fully saturated rings. The van der Waals surface area contributed by atoms with Crippen molar-refractivity contribution in [3.63, 3.8) is 0 Å². The molecule has 0 aliphatic rings. The molecule has 0 saturated heterocycles. The molecule has 1 aromatic carbocycles. The van der Waals surface area contributed by atoms with Crippen molar-refractivity contribution in [1.82, 2.24) is 0 Å². The summed E-state index contributed by atoms with van der Waals surface area (Å²) >= 11 is 0. The summed E-state index contributed by atoms with van der Waals surface area (Å²) in [7, 11) is 0. The fourth-order valence-corrected chi connectivity index (χ4v) is 1.17.